The van der Waals surface area contributed by atoms with Gasteiger partial charge in [-0.25, -0.2) is 9.97 Å². The number of anilines is 1. The Morgan fingerprint density at radius 3 is 2.71 bits per heavy atom. The van der Waals surface area contributed by atoms with E-state index in [0.717, 1.165) is 42.6 Å². The number of thioether (sulfide) groups is 1. The zero-order valence-electron chi connectivity index (χ0n) is 14.2. The third-order valence-electron chi connectivity index (χ3n) is 4.12. The number of piperidine rings is 1. The third-order valence-corrected chi connectivity index (χ3v) is 4.67. The number of carbonyl (C=O) groups excluding carboxylic acids is 1. The van der Waals surface area contributed by atoms with Gasteiger partial charge in [-0.15, -0.1) is 0 Å². The average Bonchev–Trinajstić information content (AvgIpc) is 3.01. The summed E-state index contributed by atoms with van der Waals surface area (Å²) in [6.45, 7) is 3.75. The van der Waals surface area contributed by atoms with Crippen molar-refractivity contribution in [1.29, 1.82) is 0 Å². The predicted molar refractivity (Wildman–Crippen MR) is 94.5 cm³/mol. The van der Waals surface area contributed by atoms with Gasteiger partial charge in [-0.3, -0.25) is 9.48 Å². The number of aryl methyl sites for hydroxylation is 2. The van der Waals surface area contributed by atoms with E-state index in [0.29, 0.717) is 5.56 Å². The summed E-state index contributed by atoms with van der Waals surface area (Å²) in [5.41, 5.74) is 1.59. The van der Waals surface area contributed by atoms with Crippen LogP contribution in [0.25, 0.3) is 0 Å². The number of carbonyl (C=O) groups is 1. The molecule has 1 N–H and O–H groups in total. The van der Waals surface area contributed by atoms with Gasteiger partial charge in [0.25, 0.3) is 5.91 Å². The molecule has 1 fully saturated rings. The van der Waals surface area contributed by atoms with E-state index in [2.05, 4.69) is 25.3 Å². The van der Waals surface area contributed by atoms with Crippen LogP contribution in [-0.4, -0.2) is 51.0 Å². The quantitative estimate of drug-likeness (QED) is 0.670. The van der Waals surface area contributed by atoms with Crippen molar-refractivity contribution in [2.24, 2.45) is 7.05 Å². The van der Waals surface area contributed by atoms with Crippen molar-refractivity contribution in [2.75, 3.05) is 24.2 Å². The van der Waals surface area contributed by atoms with Crippen molar-refractivity contribution in [1.82, 2.24) is 25.1 Å². The molecule has 0 spiro atoms. The van der Waals surface area contributed by atoms with E-state index in [4.69, 9.17) is 0 Å². The first-order chi connectivity index (χ1) is 11.5. The van der Waals surface area contributed by atoms with Gasteiger partial charge in [-0.1, -0.05) is 11.8 Å². The molecule has 0 bridgehead atoms. The van der Waals surface area contributed by atoms with Crippen molar-refractivity contribution in [3.63, 3.8) is 0 Å². The second-order valence-corrected chi connectivity index (χ2v) is 6.77. The van der Waals surface area contributed by atoms with Crippen LogP contribution < -0.4 is 10.2 Å². The largest absolute Gasteiger partial charge is 0.356 e. The van der Waals surface area contributed by atoms with E-state index in [-0.39, 0.29) is 11.9 Å². The van der Waals surface area contributed by atoms with Gasteiger partial charge in [-0.05, 0) is 26.0 Å². The first-order valence-corrected chi connectivity index (χ1v) is 9.22. The number of rotatable bonds is 4. The van der Waals surface area contributed by atoms with Crippen LogP contribution in [0.1, 0.15) is 28.9 Å². The molecule has 0 radical (unpaired) electrons. The maximum atomic E-state index is 12.2. The number of hydrogen-bond donors (Lipinski definition) is 1. The summed E-state index contributed by atoms with van der Waals surface area (Å²) in [6, 6.07) is 2.21. The monoisotopic (exact) mass is 346 g/mol. The number of amides is 1. The molecule has 1 amide bonds. The average molecular weight is 346 g/mol. The van der Waals surface area contributed by atoms with E-state index in [9.17, 15) is 4.79 Å². The van der Waals surface area contributed by atoms with Crippen LogP contribution in [0.4, 0.5) is 5.82 Å². The van der Waals surface area contributed by atoms with Crippen molar-refractivity contribution >= 4 is 23.5 Å². The molecule has 0 saturated carbocycles. The number of nitrogens with one attached hydrogen (secondary N) is 1. The van der Waals surface area contributed by atoms with E-state index in [1.54, 1.807) is 28.8 Å². The normalized spacial score (nSPS) is 15.5. The minimum Gasteiger partial charge on any atom is -0.356 e. The lowest BCUT2D eigenvalue weighted by Crippen LogP contribution is -2.45. The highest BCUT2D eigenvalue weighted by Crippen LogP contribution is 2.21. The smallest absolute Gasteiger partial charge is 0.254 e. The molecule has 0 aromatic carbocycles. The van der Waals surface area contributed by atoms with Gasteiger partial charge in [0.05, 0.1) is 11.8 Å². The Morgan fingerprint density at radius 2 is 2.08 bits per heavy atom. The molecule has 2 aromatic heterocycles. The zero-order chi connectivity index (χ0) is 17.1. The van der Waals surface area contributed by atoms with Crippen LogP contribution in [0.15, 0.2) is 23.6 Å². The summed E-state index contributed by atoms with van der Waals surface area (Å²) < 4.78 is 1.64. The fraction of sp³-hybridized carbons (Fsp3) is 0.500. The number of nitrogens with zero attached hydrogens (tertiary/aromatic N) is 5. The maximum absolute atomic E-state index is 12.2. The molecular formula is C16H22N6OS. The van der Waals surface area contributed by atoms with Crippen molar-refractivity contribution < 1.29 is 4.79 Å². The molecule has 0 atom stereocenters. The van der Waals surface area contributed by atoms with Crippen LogP contribution in [0.2, 0.25) is 0 Å². The maximum Gasteiger partial charge on any atom is 0.254 e. The molecule has 128 valence electrons. The summed E-state index contributed by atoms with van der Waals surface area (Å²) in [5.74, 6) is 0.924. The highest BCUT2D eigenvalue weighted by atomic mass is 32.2. The van der Waals surface area contributed by atoms with Gasteiger partial charge >= 0.3 is 0 Å². The summed E-state index contributed by atoms with van der Waals surface area (Å²) in [7, 11) is 1.81. The van der Waals surface area contributed by atoms with E-state index in [1.165, 1.54) is 0 Å². The van der Waals surface area contributed by atoms with Crippen molar-refractivity contribution in [3.05, 3.63) is 29.7 Å². The van der Waals surface area contributed by atoms with Gasteiger partial charge in [0.15, 0.2) is 5.16 Å². The van der Waals surface area contributed by atoms with Gasteiger partial charge in [0.1, 0.15) is 5.82 Å². The van der Waals surface area contributed by atoms with E-state index < -0.39 is 0 Å². The second kappa shape index (κ2) is 7.21. The molecule has 0 aliphatic carbocycles. The van der Waals surface area contributed by atoms with Crippen molar-refractivity contribution in [2.45, 2.75) is 31.0 Å². The lowest BCUT2D eigenvalue weighted by molar-refractivity contribution is 0.0931. The molecule has 7 nitrogen and oxygen atoms in total. The SMILES string of the molecule is CSc1nc(C)cc(N2CCC(NC(=O)c3cnn(C)c3)CC2)n1. The van der Waals surface area contributed by atoms with Crippen molar-refractivity contribution in [3.8, 4) is 0 Å². The zero-order valence-corrected chi connectivity index (χ0v) is 15.0. The minimum atomic E-state index is -0.0518. The van der Waals surface area contributed by atoms with Crippen LogP contribution in [-0.2, 0) is 7.05 Å². The first kappa shape index (κ1) is 16.8. The van der Waals surface area contributed by atoms with Gasteiger partial charge in [0.2, 0.25) is 0 Å². The number of hydrogen-bond acceptors (Lipinski definition) is 6. The molecule has 8 heteroatoms. The van der Waals surface area contributed by atoms with E-state index >= 15 is 0 Å². The Labute approximate surface area is 145 Å². The Balaban J connectivity index is 1.58. The molecule has 1 saturated heterocycles. The van der Waals surface area contributed by atoms with E-state index in [1.807, 2.05) is 26.3 Å². The molecule has 3 rings (SSSR count). The standard InChI is InChI=1S/C16H22N6OS/c1-11-8-14(20-16(18-11)24-3)22-6-4-13(5-7-22)19-15(23)12-9-17-21(2)10-12/h8-10,13H,4-7H2,1-3H3,(H,19,23). The third kappa shape index (κ3) is 3.87. The van der Waals surface area contributed by atoms with Gasteiger partial charge in [-0.2, -0.15) is 5.10 Å². The first-order valence-electron chi connectivity index (χ1n) is 7.99. The predicted octanol–water partition coefficient (Wildman–Crippen LogP) is 1.64. The summed E-state index contributed by atoms with van der Waals surface area (Å²) in [6.07, 6.45) is 7.13. The molecule has 1 aliphatic rings. The molecule has 2 aromatic rings. The minimum absolute atomic E-state index is 0.0518. The molecule has 1 aliphatic heterocycles. The molecular weight excluding hydrogens is 324 g/mol. The Hall–Kier alpha value is -2.09. The molecule has 0 unspecified atom stereocenters. The van der Waals surface area contributed by atoms with Crippen LogP contribution >= 0.6 is 11.8 Å². The Bertz CT molecular complexity index is 723. The topological polar surface area (TPSA) is 75.9 Å². The molecule has 3 heterocycles. The second-order valence-electron chi connectivity index (χ2n) is 5.99. The fourth-order valence-electron chi connectivity index (χ4n) is 2.84. The van der Waals surface area contributed by atoms with Gasteiger partial charge in [0, 0.05) is 44.1 Å². The highest BCUT2D eigenvalue weighted by Gasteiger charge is 2.23. The molecule has 24 heavy (non-hydrogen) atoms. The van der Waals surface area contributed by atoms with Crippen LogP contribution in [0, 0.1) is 6.92 Å². The lowest BCUT2D eigenvalue weighted by Gasteiger charge is -2.33. The Kier molecular flexibility index (Phi) is 5.03. The van der Waals surface area contributed by atoms with Crippen LogP contribution in [0.3, 0.4) is 0 Å². The van der Waals surface area contributed by atoms with Gasteiger partial charge < -0.3 is 10.2 Å². The number of aromatic nitrogens is 4. The van der Waals surface area contributed by atoms with Crippen LogP contribution in [0.5, 0.6) is 0 Å². The fourth-order valence-corrected chi connectivity index (χ4v) is 3.26. The summed E-state index contributed by atoms with van der Waals surface area (Å²) in [5, 5.41) is 7.94. The highest BCUT2D eigenvalue weighted by molar-refractivity contribution is 7.98. The summed E-state index contributed by atoms with van der Waals surface area (Å²) >= 11 is 1.56. The summed E-state index contributed by atoms with van der Waals surface area (Å²) in [4.78, 5) is 23.5. The lowest BCUT2D eigenvalue weighted by atomic mass is 10.0. The Morgan fingerprint density at radius 1 is 1.33 bits per heavy atom.